The lowest BCUT2D eigenvalue weighted by Crippen LogP contribution is -2.06. The fourth-order valence-corrected chi connectivity index (χ4v) is 3.41. The molecule has 0 aliphatic carbocycles. The van der Waals surface area contributed by atoms with Crippen molar-refractivity contribution in [3.05, 3.63) is 82.9 Å². The molecule has 144 valence electrons. The minimum Gasteiger partial charge on any atom is -0.296 e. The van der Waals surface area contributed by atoms with Crippen LogP contribution < -0.4 is 0 Å². The number of aryl methyl sites for hydroxylation is 2. The van der Waals surface area contributed by atoms with Crippen molar-refractivity contribution in [2.24, 2.45) is 4.99 Å². The van der Waals surface area contributed by atoms with E-state index in [1.54, 1.807) is 19.2 Å². The van der Waals surface area contributed by atoms with Crippen molar-refractivity contribution in [3.63, 3.8) is 0 Å². The van der Waals surface area contributed by atoms with E-state index in [-0.39, 0.29) is 5.56 Å². The van der Waals surface area contributed by atoms with Crippen molar-refractivity contribution < 1.29 is 8.78 Å². The van der Waals surface area contributed by atoms with Crippen LogP contribution >= 0.6 is 0 Å². The number of hydrogen-bond acceptors (Lipinski definition) is 1. The molecule has 0 amide bonds. The highest BCUT2D eigenvalue weighted by atomic mass is 19.3. The third kappa shape index (κ3) is 4.19. The Morgan fingerprint density at radius 3 is 2.14 bits per heavy atom. The van der Waals surface area contributed by atoms with Gasteiger partial charge in [-0.25, -0.2) is 8.78 Å². The molecule has 0 N–H and O–H groups in total. The fourth-order valence-electron chi connectivity index (χ4n) is 3.41. The highest BCUT2D eigenvalue weighted by molar-refractivity contribution is 5.85. The zero-order valence-corrected chi connectivity index (χ0v) is 16.8. The van der Waals surface area contributed by atoms with Crippen LogP contribution in [0, 0.1) is 6.92 Å². The first-order valence-electron chi connectivity index (χ1n) is 9.48. The summed E-state index contributed by atoms with van der Waals surface area (Å²) >= 11 is 0. The standard InChI is InChI=1S/C25H25F2N/c1-5-18-8-9-21(14-22(18)16-28-4)24-15-20(7-6-17(24)2)19-10-12-23(13-11-19)25(3,26)27/h6-16H,5H2,1-4H3. The summed E-state index contributed by atoms with van der Waals surface area (Å²) in [6, 6.07) is 19.2. The molecule has 0 saturated carbocycles. The largest absolute Gasteiger partial charge is 0.296 e. The van der Waals surface area contributed by atoms with Crippen LogP contribution in [-0.2, 0) is 12.3 Å². The minimum absolute atomic E-state index is 0.0298. The van der Waals surface area contributed by atoms with Crippen LogP contribution in [0.2, 0.25) is 0 Å². The Balaban J connectivity index is 2.04. The van der Waals surface area contributed by atoms with Crippen LogP contribution in [0.25, 0.3) is 22.3 Å². The maximum absolute atomic E-state index is 13.5. The van der Waals surface area contributed by atoms with Crippen molar-refractivity contribution in [3.8, 4) is 22.3 Å². The molecule has 0 aromatic heterocycles. The van der Waals surface area contributed by atoms with Gasteiger partial charge >= 0.3 is 0 Å². The summed E-state index contributed by atoms with van der Waals surface area (Å²) in [5.41, 5.74) is 7.79. The molecule has 28 heavy (non-hydrogen) atoms. The molecule has 0 bridgehead atoms. The van der Waals surface area contributed by atoms with E-state index in [0.29, 0.717) is 0 Å². The average Bonchev–Trinajstić information content (AvgIpc) is 2.68. The highest BCUT2D eigenvalue weighted by Crippen LogP contribution is 2.32. The number of hydrogen-bond donors (Lipinski definition) is 0. The van der Waals surface area contributed by atoms with E-state index in [9.17, 15) is 8.78 Å². The first kappa shape index (κ1) is 19.9. The third-order valence-electron chi connectivity index (χ3n) is 5.07. The Morgan fingerprint density at radius 1 is 0.893 bits per heavy atom. The Labute approximate surface area is 165 Å². The van der Waals surface area contributed by atoms with Crippen molar-refractivity contribution in [2.45, 2.75) is 33.1 Å². The van der Waals surface area contributed by atoms with Crippen LogP contribution in [0.1, 0.15) is 36.1 Å². The van der Waals surface area contributed by atoms with Crippen LogP contribution in [0.3, 0.4) is 0 Å². The summed E-state index contributed by atoms with van der Waals surface area (Å²) in [7, 11) is 1.78. The Kier molecular flexibility index (Phi) is 5.73. The number of benzene rings is 3. The topological polar surface area (TPSA) is 12.4 Å². The Morgan fingerprint density at radius 2 is 1.54 bits per heavy atom. The fraction of sp³-hybridized carbons (Fsp3) is 0.240. The monoisotopic (exact) mass is 377 g/mol. The SMILES string of the molecule is CCc1ccc(-c2cc(-c3ccc(C(C)(F)F)cc3)ccc2C)cc1C=NC. The number of aliphatic imine (C=N–C) groups is 1. The minimum atomic E-state index is -2.82. The Bertz CT molecular complexity index is 996. The zero-order chi connectivity index (χ0) is 20.3. The lowest BCUT2D eigenvalue weighted by Gasteiger charge is -2.14. The molecule has 0 radical (unpaired) electrons. The number of halogens is 2. The molecule has 3 heteroatoms. The van der Waals surface area contributed by atoms with Crippen LogP contribution in [0.5, 0.6) is 0 Å². The van der Waals surface area contributed by atoms with E-state index >= 15 is 0 Å². The molecule has 0 unspecified atom stereocenters. The molecular weight excluding hydrogens is 352 g/mol. The van der Waals surface area contributed by atoms with Crippen LogP contribution in [0.15, 0.2) is 65.7 Å². The summed E-state index contributed by atoms with van der Waals surface area (Å²) in [5, 5.41) is 0. The lowest BCUT2D eigenvalue weighted by atomic mass is 9.92. The Hall–Kier alpha value is -2.81. The molecule has 0 atom stereocenters. The first-order valence-corrected chi connectivity index (χ1v) is 9.48. The number of rotatable bonds is 5. The molecule has 3 aromatic rings. The number of alkyl halides is 2. The molecule has 0 aliphatic heterocycles. The van der Waals surface area contributed by atoms with Crippen molar-refractivity contribution in [1.82, 2.24) is 0 Å². The predicted octanol–water partition coefficient (Wildman–Crippen LogP) is 7.05. The van der Waals surface area contributed by atoms with Gasteiger partial charge in [0.25, 0.3) is 5.92 Å². The maximum Gasteiger partial charge on any atom is 0.270 e. The van der Waals surface area contributed by atoms with Gasteiger partial charge in [-0.15, -0.1) is 0 Å². The van der Waals surface area contributed by atoms with Gasteiger partial charge in [-0.05, 0) is 64.4 Å². The van der Waals surface area contributed by atoms with Gasteiger partial charge in [-0.2, -0.15) is 0 Å². The smallest absolute Gasteiger partial charge is 0.270 e. The summed E-state index contributed by atoms with van der Waals surface area (Å²) < 4.78 is 27.0. The maximum atomic E-state index is 13.5. The van der Waals surface area contributed by atoms with E-state index < -0.39 is 5.92 Å². The molecule has 0 heterocycles. The first-order chi connectivity index (χ1) is 13.3. The van der Waals surface area contributed by atoms with Gasteiger partial charge in [-0.1, -0.05) is 55.5 Å². The highest BCUT2D eigenvalue weighted by Gasteiger charge is 2.23. The number of nitrogens with zero attached hydrogens (tertiary/aromatic N) is 1. The molecule has 0 aliphatic rings. The van der Waals surface area contributed by atoms with Crippen molar-refractivity contribution in [2.75, 3.05) is 7.05 Å². The third-order valence-corrected chi connectivity index (χ3v) is 5.07. The van der Waals surface area contributed by atoms with Crippen molar-refractivity contribution in [1.29, 1.82) is 0 Å². The van der Waals surface area contributed by atoms with Gasteiger partial charge in [-0.3, -0.25) is 4.99 Å². The van der Waals surface area contributed by atoms with E-state index in [2.05, 4.69) is 49.2 Å². The van der Waals surface area contributed by atoms with Crippen molar-refractivity contribution >= 4 is 6.21 Å². The van der Waals surface area contributed by atoms with E-state index in [4.69, 9.17) is 0 Å². The summed E-state index contributed by atoms with van der Waals surface area (Å²) in [5.74, 6) is -2.82. The lowest BCUT2D eigenvalue weighted by molar-refractivity contribution is 0.0175. The van der Waals surface area contributed by atoms with Gasteiger partial charge in [0.2, 0.25) is 0 Å². The van der Waals surface area contributed by atoms with Gasteiger partial charge in [0.05, 0.1) is 0 Å². The van der Waals surface area contributed by atoms with E-state index in [1.807, 2.05) is 12.3 Å². The van der Waals surface area contributed by atoms with E-state index in [1.165, 1.54) is 23.3 Å². The van der Waals surface area contributed by atoms with Gasteiger partial charge in [0, 0.05) is 25.7 Å². The normalized spacial score (nSPS) is 11.9. The van der Waals surface area contributed by atoms with Gasteiger partial charge < -0.3 is 0 Å². The molecule has 0 fully saturated rings. The molecule has 0 saturated heterocycles. The second kappa shape index (κ2) is 8.05. The van der Waals surface area contributed by atoms with Gasteiger partial charge in [0.15, 0.2) is 0 Å². The van der Waals surface area contributed by atoms with Crippen LogP contribution in [-0.4, -0.2) is 13.3 Å². The second-order valence-corrected chi connectivity index (χ2v) is 7.15. The predicted molar refractivity (Wildman–Crippen MR) is 115 cm³/mol. The molecule has 3 aromatic carbocycles. The summed E-state index contributed by atoms with van der Waals surface area (Å²) in [4.78, 5) is 4.18. The summed E-state index contributed by atoms with van der Waals surface area (Å²) in [6.07, 6.45) is 2.85. The van der Waals surface area contributed by atoms with Gasteiger partial charge in [0.1, 0.15) is 0 Å². The molecule has 1 nitrogen and oxygen atoms in total. The molecular formula is C25H25F2N. The molecule has 3 rings (SSSR count). The zero-order valence-electron chi connectivity index (χ0n) is 16.8. The van der Waals surface area contributed by atoms with E-state index in [0.717, 1.165) is 41.2 Å². The van der Waals surface area contributed by atoms with Crippen LogP contribution in [0.4, 0.5) is 8.78 Å². The second-order valence-electron chi connectivity index (χ2n) is 7.15. The average molecular weight is 377 g/mol. The summed E-state index contributed by atoms with van der Waals surface area (Å²) in [6.45, 7) is 5.14. The molecule has 0 spiro atoms. The quantitative estimate of drug-likeness (QED) is 0.422.